The Hall–Kier alpha value is -1.80. The number of aromatic nitrogens is 3. The second kappa shape index (κ2) is 5.93. The van der Waals surface area contributed by atoms with Crippen LogP contribution in [0.2, 0.25) is 0 Å². The number of rotatable bonds is 4. The molecule has 8 heteroatoms. The number of hydrogen-bond acceptors (Lipinski definition) is 4. The molecule has 0 spiro atoms. The summed E-state index contributed by atoms with van der Waals surface area (Å²) in [5.41, 5.74) is 0. The third-order valence-electron chi connectivity index (χ3n) is 4.79. The van der Waals surface area contributed by atoms with Crippen LogP contribution >= 0.6 is 0 Å². The van der Waals surface area contributed by atoms with Crippen LogP contribution in [0.3, 0.4) is 0 Å². The van der Waals surface area contributed by atoms with Crippen LogP contribution in [0.5, 0.6) is 0 Å². The predicted molar refractivity (Wildman–Crippen MR) is 85.4 cm³/mol. The molecular weight excluding hydrogens is 331 g/mol. The van der Waals surface area contributed by atoms with Gasteiger partial charge in [-0.05, 0) is 43.9 Å². The molecule has 2 heterocycles. The summed E-state index contributed by atoms with van der Waals surface area (Å²) < 4.78 is 42.2. The summed E-state index contributed by atoms with van der Waals surface area (Å²) >= 11 is 0. The monoisotopic (exact) mass is 350 g/mol. The van der Waals surface area contributed by atoms with Gasteiger partial charge in [0.05, 0.1) is 4.90 Å². The van der Waals surface area contributed by atoms with Crippen molar-refractivity contribution < 1.29 is 12.8 Å². The van der Waals surface area contributed by atoms with Crippen LogP contribution in [0.1, 0.15) is 43.5 Å². The molecule has 2 fully saturated rings. The lowest BCUT2D eigenvalue weighted by atomic mass is 10.1. The first-order valence-electron chi connectivity index (χ1n) is 8.21. The van der Waals surface area contributed by atoms with Gasteiger partial charge in [-0.2, -0.15) is 4.31 Å². The fourth-order valence-corrected chi connectivity index (χ4v) is 4.81. The van der Waals surface area contributed by atoms with E-state index in [2.05, 4.69) is 14.8 Å². The molecule has 2 aliphatic rings. The molecule has 0 radical (unpaired) electrons. The van der Waals surface area contributed by atoms with Gasteiger partial charge in [-0.25, -0.2) is 12.8 Å². The first-order chi connectivity index (χ1) is 11.6. The zero-order chi connectivity index (χ0) is 16.7. The molecule has 0 unspecified atom stereocenters. The minimum atomic E-state index is -3.64. The van der Waals surface area contributed by atoms with Crippen LogP contribution in [0.15, 0.2) is 35.5 Å². The molecule has 128 valence electrons. The molecule has 1 aliphatic carbocycles. The number of hydrogen-bond donors (Lipinski definition) is 0. The molecule has 6 nitrogen and oxygen atoms in total. The second-order valence-corrected chi connectivity index (χ2v) is 8.40. The number of benzene rings is 1. The highest BCUT2D eigenvalue weighted by Crippen LogP contribution is 2.40. The van der Waals surface area contributed by atoms with E-state index in [9.17, 15) is 12.8 Å². The van der Waals surface area contributed by atoms with E-state index in [1.807, 2.05) is 0 Å². The van der Waals surface area contributed by atoms with Gasteiger partial charge in [0, 0.05) is 25.0 Å². The summed E-state index contributed by atoms with van der Waals surface area (Å²) in [7, 11) is -3.64. The molecule has 0 atom stereocenters. The Morgan fingerprint density at radius 1 is 1.12 bits per heavy atom. The smallest absolute Gasteiger partial charge is 0.243 e. The SMILES string of the molecule is O=S(=O)(c1cccc(F)c1)N1CCC(n2cnnc2C2CC2)CC1. The minimum absolute atomic E-state index is 0.0175. The molecule has 0 N–H and O–H groups in total. The van der Waals surface area contributed by atoms with Crippen molar-refractivity contribution in [3.05, 3.63) is 42.2 Å². The number of nitrogens with zero attached hydrogens (tertiary/aromatic N) is 4. The molecule has 1 saturated carbocycles. The maximum absolute atomic E-state index is 13.3. The second-order valence-electron chi connectivity index (χ2n) is 6.46. The van der Waals surface area contributed by atoms with E-state index in [1.165, 1.54) is 22.5 Å². The standard InChI is InChI=1S/C16H19FN4O2S/c17-13-2-1-3-15(10-13)24(22,23)20-8-6-14(7-9-20)21-11-18-19-16(21)12-4-5-12/h1-3,10-12,14H,4-9H2. The van der Waals surface area contributed by atoms with Crippen molar-refractivity contribution >= 4 is 10.0 Å². The number of halogens is 1. The minimum Gasteiger partial charge on any atom is -0.314 e. The van der Waals surface area contributed by atoms with Crippen molar-refractivity contribution in [2.75, 3.05) is 13.1 Å². The van der Waals surface area contributed by atoms with Crippen molar-refractivity contribution in [2.24, 2.45) is 0 Å². The quantitative estimate of drug-likeness (QED) is 0.849. The summed E-state index contributed by atoms with van der Waals surface area (Å²) in [5, 5.41) is 8.24. The predicted octanol–water partition coefficient (Wildman–Crippen LogP) is 2.32. The average molecular weight is 350 g/mol. The maximum atomic E-state index is 13.3. The van der Waals surface area contributed by atoms with Gasteiger partial charge in [-0.3, -0.25) is 0 Å². The van der Waals surface area contributed by atoms with Crippen molar-refractivity contribution in [1.82, 2.24) is 19.1 Å². The fraction of sp³-hybridized carbons (Fsp3) is 0.500. The molecule has 1 aliphatic heterocycles. The Labute approximate surface area is 140 Å². The molecular formula is C16H19FN4O2S. The Kier molecular flexibility index (Phi) is 3.88. The molecule has 1 saturated heterocycles. The Morgan fingerprint density at radius 3 is 2.54 bits per heavy atom. The Balaban J connectivity index is 1.48. The first kappa shape index (κ1) is 15.7. The summed E-state index contributed by atoms with van der Waals surface area (Å²) in [6.07, 6.45) is 5.50. The molecule has 4 rings (SSSR count). The van der Waals surface area contributed by atoms with E-state index >= 15 is 0 Å². The molecule has 24 heavy (non-hydrogen) atoms. The summed E-state index contributed by atoms with van der Waals surface area (Å²) in [6.45, 7) is 0.845. The average Bonchev–Trinajstić information content (AvgIpc) is 3.32. The van der Waals surface area contributed by atoms with Crippen LogP contribution in [0.25, 0.3) is 0 Å². The third kappa shape index (κ3) is 2.84. The molecule has 1 aromatic heterocycles. The zero-order valence-electron chi connectivity index (χ0n) is 13.2. The van der Waals surface area contributed by atoms with E-state index < -0.39 is 15.8 Å². The first-order valence-corrected chi connectivity index (χ1v) is 9.65. The van der Waals surface area contributed by atoms with E-state index in [0.29, 0.717) is 31.8 Å². The highest BCUT2D eigenvalue weighted by atomic mass is 32.2. The van der Waals surface area contributed by atoms with E-state index in [0.717, 1.165) is 24.7 Å². The lowest BCUT2D eigenvalue weighted by Gasteiger charge is -2.32. The molecule has 0 amide bonds. The highest BCUT2D eigenvalue weighted by Gasteiger charge is 2.34. The number of sulfonamides is 1. The molecule has 1 aromatic carbocycles. The van der Waals surface area contributed by atoms with Crippen LogP contribution in [0, 0.1) is 5.82 Å². The van der Waals surface area contributed by atoms with Gasteiger partial charge < -0.3 is 4.57 Å². The summed E-state index contributed by atoms with van der Waals surface area (Å²) in [4.78, 5) is 0.0175. The largest absolute Gasteiger partial charge is 0.314 e. The van der Waals surface area contributed by atoms with Gasteiger partial charge >= 0.3 is 0 Å². The van der Waals surface area contributed by atoms with Crippen molar-refractivity contribution in [1.29, 1.82) is 0 Å². The van der Waals surface area contributed by atoms with Crippen LogP contribution in [-0.2, 0) is 10.0 Å². The van der Waals surface area contributed by atoms with E-state index in [4.69, 9.17) is 0 Å². The maximum Gasteiger partial charge on any atom is 0.243 e. The molecule has 0 bridgehead atoms. The van der Waals surface area contributed by atoms with Gasteiger partial charge in [0.15, 0.2) is 0 Å². The normalized spacial score (nSPS) is 20.4. The third-order valence-corrected chi connectivity index (χ3v) is 6.69. The van der Waals surface area contributed by atoms with Gasteiger partial charge in [-0.1, -0.05) is 6.07 Å². The summed E-state index contributed by atoms with van der Waals surface area (Å²) in [6, 6.07) is 5.42. The van der Waals surface area contributed by atoms with Gasteiger partial charge in [0.25, 0.3) is 0 Å². The van der Waals surface area contributed by atoms with Crippen LogP contribution in [0.4, 0.5) is 4.39 Å². The van der Waals surface area contributed by atoms with Crippen molar-refractivity contribution in [2.45, 2.75) is 42.5 Å². The van der Waals surface area contributed by atoms with E-state index in [-0.39, 0.29) is 10.9 Å². The van der Waals surface area contributed by atoms with Crippen LogP contribution < -0.4 is 0 Å². The lowest BCUT2D eigenvalue weighted by Crippen LogP contribution is -2.39. The van der Waals surface area contributed by atoms with Crippen molar-refractivity contribution in [3.63, 3.8) is 0 Å². The number of piperidine rings is 1. The van der Waals surface area contributed by atoms with Gasteiger partial charge in [-0.15, -0.1) is 10.2 Å². The summed E-state index contributed by atoms with van der Waals surface area (Å²) in [5.74, 6) is 1.01. The van der Waals surface area contributed by atoms with Crippen molar-refractivity contribution in [3.8, 4) is 0 Å². The topological polar surface area (TPSA) is 68.1 Å². The fourth-order valence-electron chi connectivity index (χ4n) is 3.30. The highest BCUT2D eigenvalue weighted by molar-refractivity contribution is 7.89. The van der Waals surface area contributed by atoms with E-state index in [1.54, 1.807) is 6.33 Å². The zero-order valence-corrected chi connectivity index (χ0v) is 14.0. The van der Waals surface area contributed by atoms with Crippen LogP contribution in [-0.4, -0.2) is 40.6 Å². The van der Waals surface area contributed by atoms with Gasteiger partial charge in [0.1, 0.15) is 18.0 Å². The lowest BCUT2D eigenvalue weighted by molar-refractivity contribution is 0.270. The molecule has 2 aromatic rings. The van der Waals surface area contributed by atoms with Gasteiger partial charge in [0.2, 0.25) is 10.0 Å². The Bertz CT molecular complexity index is 839. The Morgan fingerprint density at radius 2 is 1.88 bits per heavy atom.